The molecule has 0 aliphatic rings. The number of primary amides is 1. The Kier molecular flexibility index (Phi) is 13.9. The van der Waals surface area contributed by atoms with E-state index >= 15 is 0 Å². The fourth-order valence-corrected chi connectivity index (χ4v) is 2.77. The Hall–Kier alpha value is -3.40. The molecule has 0 saturated heterocycles. The molecule has 0 heterocycles. The standard InChI is InChI=1S/C18H29N5O10S/c19-8(1-5-13(25)26)15(29)23-11(7-34)17(31)21-9(3-6-14(27)28)16(30)22-10(18(32)33)2-4-12(20)24/h8-11,34H,1-7,19H2,(H2,20,24)(H,21,31)(H,22,30)(H,23,29)(H,25,26)(H,27,28)(H,32,33). The van der Waals surface area contributed by atoms with Crippen LogP contribution < -0.4 is 27.4 Å². The molecule has 4 unspecified atom stereocenters. The number of hydrogen-bond donors (Lipinski definition) is 9. The van der Waals surface area contributed by atoms with Crippen molar-refractivity contribution in [3.8, 4) is 0 Å². The van der Waals surface area contributed by atoms with Crippen LogP contribution in [0.2, 0.25) is 0 Å². The number of aliphatic carboxylic acids is 3. The van der Waals surface area contributed by atoms with Gasteiger partial charge < -0.3 is 42.7 Å². The fraction of sp³-hybridized carbons (Fsp3) is 0.611. The summed E-state index contributed by atoms with van der Waals surface area (Å²) in [4.78, 5) is 81.0. The molecule has 10 N–H and O–H groups in total. The van der Waals surface area contributed by atoms with Crippen molar-refractivity contribution in [2.24, 2.45) is 11.5 Å². The van der Waals surface area contributed by atoms with E-state index in [-0.39, 0.29) is 31.4 Å². The maximum absolute atomic E-state index is 12.6. The zero-order valence-corrected chi connectivity index (χ0v) is 19.0. The van der Waals surface area contributed by atoms with Crippen molar-refractivity contribution in [3.63, 3.8) is 0 Å². The molecule has 0 aliphatic heterocycles. The van der Waals surface area contributed by atoms with Gasteiger partial charge in [0.25, 0.3) is 0 Å². The molecular weight excluding hydrogens is 478 g/mol. The van der Waals surface area contributed by atoms with Gasteiger partial charge in [-0.3, -0.25) is 28.8 Å². The average molecular weight is 508 g/mol. The van der Waals surface area contributed by atoms with E-state index in [0.717, 1.165) is 0 Å². The summed E-state index contributed by atoms with van der Waals surface area (Å²) in [5.74, 6) is -7.82. The van der Waals surface area contributed by atoms with E-state index < -0.39 is 78.5 Å². The molecule has 0 fully saturated rings. The highest BCUT2D eigenvalue weighted by Crippen LogP contribution is 2.04. The van der Waals surface area contributed by atoms with Gasteiger partial charge >= 0.3 is 17.9 Å². The van der Waals surface area contributed by atoms with E-state index in [9.17, 15) is 38.7 Å². The lowest BCUT2D eigenvalue weighted by atomic mass is 10.1. The van der Waals surface area contributed by atoms with Crippen LogP contribution in [0.25, 0.3) is 0 Å². The van der Waals surface area contributed by atoms with Gasteiger partial charge in [-0.1, -0.05) is 0 Å². The summed E-state index contributed by atoms with van der Waals surface area (Å²) in [6, 6.07) is -5.59. The van der Waals surface area contributed by atoms with Gasteiger partial charge in [0, 0.05) is 25.0 Å². The van der Waals surface area contributed by atoms with Crippen LogP contribution in [-0.2, 0) is 33.6 Å². The van der Waals surface area contributed by atoms with Gasteiger partial charge in [0.15, 0.2) is 0 Å². The molecule has 34 heavy (non-hydrogen) atoms. The first-order chi connectivity index (χ1) is 15.8. The van der Waals surface area contributed by atoms with Crippen molar-refractivity contribution in [1.29, 1.82) is 0 Å². The van der Waals surface area contributed by atoms with Crippen molar-refractivity contribution >= 4 is 54.2 Å². The lowest BCUT2D eigenvalue weighted by Crippen LogP contribution is -2.57. The molecule has 0 bridgehead atoms. The second kappa shape index (κ2) is 15.4. The molecule has 4 amide bonds. The van der Waals surface area contributed by atoms with Crippen molar-refractivity contribution < 1.29 is 48.9 Å². The Morgan fingerprint density at radius 3 is 1.59 bits per heavy atom. The van der Waals surface area contributed by atoms with E-state index in [1.54, 1.807) is 0 Å². The Balaban J connectivity index is 5.32. The number of carbonyl (C=O) groups excluding carboxylic acids is 4. The highest BCUT2D eigenvalue weighted by Gasteiger charge is 2.30. The summed E-state index contributed by atoms with van der Waals surface area (Å²) >= 11 is 3.94. The topological polar surface area (TPSA) is 268 Å². The maximum Gasteiger partial charge on any atom is 0.326 e. The molecule has 16 heteroatoms. The van der Waals surface area contributed by atoms with Gasteiger partial charge in [-0.2, -0.15) is 12.6 Å². The minimum Gasteiger partial charge on any atom is -0.481 e. The largest absolute Gasteiger partial charge is 0.481 e. The van der Waals surface area contributed by atoms with Gasteiger partial charge in [0.05, 0.1) is 6.04 Å². The van der Waals surface area contributed by atoms with Crippen LogP contribution >= 0.6 is 12.6 Å². The first-order valence-corrected chi connectivity index (χ1v) is 10.6. The normalized spacial score (nSPS) is 14.1. The van der Waals surface area contributed by atoms with Crippen molar-refractivity contribution in [2.75, 3.05) is 5.75 Å². The molecule has 0 aliphatic carbocycles. The van der Waals surface area contributed by atoms with E-state index in [1.165, 1.54) is 0 Å². The van der Waals surface area contributed by atoms with Crippen molar-refractivity contribution in [2.45, 2.75) is 62.7 Å². The highest BCUT2D eigenvalue weighted by atomic mass is 32.1. The third-order valence-electron chi connectivity index (χ3n) is 4.40. The van der Waals surface area contributed by atoms with Gasteiger partial charge in [0.2, 0.25) is 23.6 Å². The minimum atomic E-state index is -1.53. The lowest BCUT2D eigenvalue weighted by molar-refractivity contribution is -0.143. The molecule has 15 nitrogen and oxygen atoms in total. The van der Waals surface area contributed by atoms with Crippen LogP contribution in [0.5, 0.6) is 0 Å². The Labute approximate surface area is 199 Å². The van der Waals surface area contributed by atoms with E-state index in [1.807, 2.05) is 0 Å². The predicted octanol–water partition coefficient (Wildman–Crippen LogP) is -3.22. The second-order valence-electron chi connectivity index (χ2n) is 7.18. The van der Waals surface area contributed by atoms with E-state index in [4.69, 9.17) is 21.7 Å². The summed E-state index contributed by atoms with van der Waals surface area (Å²) < 4.78 is 0. The van der Waals surface area contributed by atoms with Crippen LogP contribution in [0.1, 0.15) is 38.5 Å². The second-order valence-corrected chi connectivity index (χ2v) is 7.55. The monoisotopic (exact) mass is 507 g/mol. The number of hydrogen-bond acceptors (Lipinski definition) is 9. The van der Waals surface area contributed by atoms with Gasteiger partial charge in [-0.15, -0.1) is 0 Å². The van der Waals surface area contributed by atoms with Gasteiger partial charge in [-0.25, -0.2) is 4.79 Å². The molecule has 4 atom stereocenters. The summed E-state index contributed by atoms with van der Waals surface area (Å²) in [5, 5.41) is 33.4. The number of carboxylic acid groups (broad SMARTS) is 3. The molecular formula is C18H29N5O10S. The number of nitrogens with two attached hydrogens (primary N) is 2. The zero-order valence-electron chi connectivity index (χ0n) is 18.1. The molecule has 0 spiro atoms. The number of nitrogens with one attached hydrogen (secondary N) is 3. The third kappa shape index (κ3) is 12.6. The molecule has 0 aromatic rings. The summed E-state index contributed by atoms with van der Waals surface area (Å²) in [6.07, 6.45) is -2.24. The van der Waals surface area contributed by atoms with E-state index in [2.05, 4.69) is 28.6 Å². The molecule has 0 rings (SSSR count). The SMILES string of the molecule is NC(=O)CCC(NC(=O)C(CCC(=O)O)NC(=O)C(CS)NC(=O)C(N)CCC(=O)O)C(=O)O. The van der Waals surface area contributed by atoms with E-state index in [0.29, 0.717) is 0 Å². The highest BCUT2D eigenvalue weighted by molar-refractivity contribution is 7.80. The van der Waals surface area contributed by atoms with Crippen LogP contribution in [0, 0.1) is 0 Å². The minimum absolute atomic E-state index is 0.201. The Bertz CT molecular complexity index is 793. The third-order valence-corrected chi connectivity index (χ3v) is 4.76. The molecule has 192 valence electrons. The number of carbonyl (C=O) groups is 7. The predicted molar refractivity (Wildman–Crippen MR) is 117 cm³/mol. The Morgan fingerprint density at radius 1 is 0.676 bits per heavy atom. The zero-order chi connectivity index (χ0) is 26.4. The number of carboxylic acids is 3. The summed E-state index contributed by atoms with van der Waals surface area (Å²) in [5.41, 5.74) is 10.6. The van der Waals surface area contributed by atoms with Crippen LogP contribution in [0.3, 0.4) is 0 Å². The maximum atomic E-state index is 12.6. The lowest BCUT2D eigenvalue weighted by Gasteiger charge is -2.24. The van der Waals surface area contributed by atoms with Crippen LogP contribution in [0.15, 0.2) is 0 Å². The first-order valence-electron chi connectivity index (χ1n) is 10.0. The fourth-order valence-electron chi connectivity index (χ4n) is 2.51. The molecule has 0 radical (unpaired) electrons. The summed E-state index contributed by atoms with van der Waals surface area (Å²) in [7, 11) is 0. The molecule has 0 saturated carbocycles. The van der Waals surface area contributed by atoms with Crippen LogP contribution in [0.4, 0.5) is 0 Å². The first kappa shape index (κ1) is 30.6. The Morgan fingerprint density at radius 2 is 1.12 bits per heavy atom. The molecule has 0 aromatic heterocycles. The molecule has 0 aromatic carbocycles. The van der Waals surface area contributed by atoms with Gasteiger partial charge in [0.1, 0.15) is 18.1 Å². The number of amides is 4. The number of rotatable bonds is 17. The summed E-state index contributed by atoms with van der Waals surface area (Å²) in [6.45, 7) is 0. The van der Waals surface area contributed by atoms with Crippen molar-refractivity contribution in [3.05, 3.63) is 0 Å². The smallest absolute Gasteiger partial charge is 0.326 e. The quantitative estimate of drug-likeness (QED) is 0.0883. The van der Waals surface area contributed by atoms with Crippen molar-refractivity contribution in [1.82, 2.24) is 16.0 Å². The number of thiol groups is 1. The van der Waals surface area contributed by atoms with Gasteiger partial charge in [-0.05, 0) is 19.3 Å². The average Bonchev–Trinajstić information content (AvgIpc) is 2.74. The van der Waals surface area contributed by atoms with Crippen LogP contribution in [-0.4, -0.2) is 86.8 Å².